The average molecular weight is 490 g/mol. The second kappa shape index (κ2) is 7.41. The Balaban J connectivity index is 1.54. The highest BCUT2D eigenvalue weighted by Crippen LogP contribution is 2.57. The minimum absolute atomic E-state index is 0.146. The van der Waals surface area contributed by atoms with Crippen LogP contribution in [-0.2, 0) is 14.3 Å². The zero-order valence-corrected chi connectivity index (χ0v) is 19.1. The van der Waals surface area contributed by atoms with Gasteiger partial charge in [0.05, 0.1) is 23.6 Å². The predicted octanol–water partition coefficient (Wildman–Crippen LogP) is 4.48. The first kappa shape index (κ1) is 21.8. The smallest absolute Gasteiger partial charge is 0.241 e. The summed E-state index contributed by atoms with van der Waals surface area (Å²) in [5.74, 6) is -5.65. The molecule has 6 nitrogen and oxygen atoms in total. The normalized spacial score (nSPS) is 24.4. The second-order valence-electron chi connectivity index (χ2n) is 8.98. The number of carbonyl (C=O) groups is 4. The van der Waals surface area contributed by atoms with E-state index in [4.69, 9.17) is 16.3 Å². The Morgan fingerprint density at radius 1 is 0.886 bits per heavy atom. The summed E-state index contributed by atoms with van der Waals surface area (Å²) in [6.45, 7) is 1.79. The molecular formula is C27H17ClFNO5. The molecule has 0 bridgehead atoms. The molecule has 3 aliphatic rings. The number of fused-ring (bicyclic) bond motifs is 3. The number of aryl methyl sites for hydroxylation is 1. The van der Waals surface area contributed by atoms with E-state index in [-0.39, 0.29) is 16.8 Å². The standard InChI is InChI=1S/C27H17ClFNO5/c1-13-6-11-16(12-19(13)28)30-25(33)20-21(26(30)34)27(35-22(20)14-7-9-15(29)10-8-14)23(31)17-4-2-3-5-18(17)24(27)32/h2-12,20-22H,1H3/t20-,21+,22-/m0/s1. The van der Waals surface area contributed by atoms with Crippen molar-refractivity contribution in [3.05, 3.63) is 99.8 Å². The van der Waals surface area contributed by atoms with E-state index in [0.29, 0.717) is 10.6 Å². The number of carbonyl (C=O) groups excluding carboxylic acids is 4. The molecule has 2 aliphatic heterocycles. The number of amides is 2. The highest BCUT2D eigenvalue weighted by Gasteiger charge is 2.74. The number of ketones is 2. The molecule has 0 unspecified atom stereocenters. The number of hydrogen-bond acceptors (Lipinski definition) is 5. The van der Waals surface area contributed by atoms with E-state index in [0.717, 1.165) is 10.5 Å². The van der Waals surface area contributed by atoms with E-state index >= 15 is 0 Å². The molecule has 0 N–H and O–H groups in total. The summed E-state index contributed by atoms with van der Waals surface area (Å²) in [4.78, 5) is 56.0. The zero-order valence-electron chi connectivity index (χ0n) is 18.3. The fraction of sp³-hybridized carbons (Fsp3) is 0.185. The van der Waals surface area contributed by atoms with E-state index < -0.39 is 52.7 Å². The van der Waals surface area contributed by atoms with Gasteiger partial charge in [0.25, 0.3) is 0 Å². The van der Waals surface area contributed by atoms with E-state index in [1.54, 1.807) is 31.2 Å². The molecule has 3 aromatic carbocycles. The van der Waals surface area contributed by atoms with Crippen LogP contribution in [0.15, 0.2) is 66.7 Å². The first-order valence-corrected chi connectivity index (χ1v) is 11.4. The predicted molar refractivity (Wildman–Crippen MR) is 124 cm³/mol. The van der Waals surface area contributed by atoms with Gasteiger partial charge in [-0.1, -0.05) is 54.1 Å². The molecule has 2 amide bonds. The van der Waals surface area contributed by atoms with Gasteiger partial charge in [0.2, 0.25) is 29.0 Å². The summed E-state index contributed by atoms with van der Waals surface area (Å²) >= 11 is 6.26. The minimum atomic E-state index is -2.18. The van der Waals surface area contributed by atoms with Crippen LogP contribution in [0.25, 0.3) is 0 Å². The number of rotatable bonds is 2. The first-order chi connectivity index (χ1) is 16.8. The Labute approximate surface area is 204 Å². The summed E-state index contributed by atoms with van der Waals surface area (Å²) in [6, 6.07) is 16.3. The van der Waals surface area contributed by atoms with E-state index in [1.807, 2.05) is 0 Å². The van der Waals surface area contributed by atoms with Crippen LogP contribution in [0, 0.1) is 24.6 Å². The maximum atomic E-state index is 13.8. The summed E-state index contributed by atoms with van der Waals surface area (Å²) in [7, 11) is 0. The molecule has 2 fully saturated rings. The summed E-state index contributed by atoms with van der Waals surface area (Å²) in [5.41, 5.74) is -0.492. The van der Waals surface area contributed by atoms with Crippen molar-refractivity contribution in [2.75, 3.05) is 4.90 Å². The molecule has 0 aromatic heterocycles. The lowest BCUT2D eigenvalue weighted by Crippen LogP contribution is -2.51. The Morgan fingerprint density at radius 2 is 1.51 bits per heavy atom. The molecule has 3 aromatic rings. The molecule has 0 radical (unpaired) electrons. The Hall–Kier alpha value is -3.68. The van der Waals surface area contributed by atoms with Crippen molar-refractivity contribution in [2.24, 2.45) is 11.8 Å². The van der Waals surface area contributed by atoms with Crippen LogP contribution in [0.5, 0.6) is 0 Å². The lowest BCUT2D eigenvalue weighted by molar-refractivity contribution is -0.127. The van der Waals surface area contributed by atoms with Crippen molar-refractivity contribution in [2.45, 2.75) is 18.6 Å². The fourth-order valence-corrected chi connectivity index (χ4v) is 5.62. The number of benzene rings is 3. The zero-order chi connectivity index (χ0) is 24.6. The molecule has 3 atom stereocenters. The van der Waals surface area contributed by atoms with Gasteiger partial charge in [-0.2, -0.15) is 0 Å². The molecule has 0 saturated carbocycles. The molecule has 1 spiro atoms. The van der Waals surface area contributed by atoms with Crippen molar-refractivity contribution in [3.63, 3.8) is 0 Å². The van der Waals surface area contributed by atoms with Crippen LogP contribution in [0.4, 0.5) is 10.1 Å². The number of Topliss-reactive ketones (excluding diaryl/α,β-unsaturated/α-hetero) is 2. The number of ether oxygens (including phenoxy) is 1. The highest BCUT2D eigenvalue weighted by atomic mass is 35.5. The second-order valence-corrected chi connectivity index (χ2v) is 9.39. The molecule has 8 heteroatoms. The highest BCUT2D eigenvalue weighted by molar-refractivity contribution is 6.37. The van der Waals surface area contributed by atoms with Gasteiger partial charge in [-0.3, -0.25) is 19.2 Å². The van der Waals surface area contributed by atoms with Crippen molar-refractivity contribution >= 4 is 40.7 Å². The third kappa shape index (κ3) is 2.79. The van der Waals surface area contributed by atoms with Crippen LogP contribution in [0.1, 0.15) is 37.9 Å². The van der Waals surface area contributed by atoms with Gasteiger partial charge in [-0.05, 0) is 42.3 Å². The van der Waals surface area contributed by atoms with Crippen molar-refractivity contribution in [3.8, 4) is 0 Å². The Bertz CT molecular complexity index is 1430. The number of imide groups is 1. The number of halogens is 2. The first-order valence-electron chi connectivity index (χ1n) is 11.0. The lowest BCUT2D eigenvalue weighted by atomic mass is 9.77. The quantitative estimate of drug-likeness (QED) is 0.391. The monoisotopic (exact) mass is 489 g/mol. The summed E-state index contributed by atoms with van der Waals surface area (Å²) in [5, 5.41) is 0.363. The van der Waals surface area contributed by atoms with Gasteiger partial charge in [-0.25, -0.2) is 9.29 Å². The molecule has 174 valence electrons. The SMILES string of the molecule is Cc1ccc(N2C(=O)[C@@H]3[C@H](c4ccc(F)cc4)OC4(C(=O)c5ccccc5C4=O)[C@H]3C2=O)cc1Cl. The maximum Gasteiger partial charge on any atom is 0.241 e. The van der Waals surface area contributed by atoms with Gasteiger partial charge in [-0.15, -0.1) is 0 Å². The van der Waals surface area contributed by atoms with E-state index in [2.05, 4.69) is 0 Å². The third-order valence-corrected chi connectivity index (χ3v) is 7.54. The molecule has 35 heavy (non-hydrogen) atoms. The van der Waals surface area contributed by atoms with Gasteiger partial charge in [0.15, 0.2) is 0 Å². The Kier molecular flexibility index (Phi) is 4.62. The van der Waals surface area contributed by atoms with Crippen LogP contribution in [0.2, 0.25) is 5.02 Å². The van der Waals surface area contributed by atoms with Gasteiger partial charge >= 0.3 is 0 Å². The molecule has 6 rings (SSSR count). The number of anilines is 1. The molecule has 2 saturated heterocycles. The van der Waals surface area contributed by atoms with Crippen molar-refractivity contribution in [1.29, 1.82) is 0 Å². The largest absolute Gasteiger partial charge is 0.349 e. The van der Waals surface area contributed by atoms with Crippen LogP contribution in [-0.4, -0.2) is 29.0 Å². The molecule has 1 aliphatic carbocycles. The molecular weight excluding hydrogens is 473 g/mol. The van der Waals surface area contributed by atoms with E-state index in [1.165, 1.54) is 42.5 Å². The topological polar surface area (TPSA) is 80.8 Å². The van der Waals surface area contributed by atoms with E-state index in [9.17, 15) is 23.6 Å². The lowest BCUT2D eigenvalue weighted by Gasteiger charge is -2.27. The van der Waals surface area contributed by atoms with Crippen LogP contribution >= 0.6 is 11.6 Å². The number of nitrogens with zero attached hydrogens (tertiary/aromatic N) is 1. The van der Waals surface area contributed by atoms with Gasteiger partial charge in [0.1, 0.15) is 5.82 Å². The fourth-order valence-electron chi connectivity index (χ4n) is 5.45. The maximum absolute atomic E-state index is 13.8. The van der Waals surface area contributed by atoms with Gasteiger partial charge in [0, 0.05) is 16.1 Å². The third-order valence-electron chi connectivity index (χ3n) is 7.13. The Morgan fingerprint density at radius 3 is 2.11 bits per heavy atom. The molecule has 2 heterocycles. The van der Waals surface area contributed by atoms with Crippen molar-refractivity contribution < 1.29 is 28.3 Å². The minimum Gasteiger partial charge on any atom is -0.349 e. The average Bonchev–Trinajstić information content (AvgIpc) is 3.41. The number of hydrogen-bond donors (Lipinski definition) is 0. The van der Waals surface area contributed by atoms with Crippen LogP contribution in [0.3, 0.4) is 0 Å². The summed E-state index contributed by atoms with van der Waals surface area (Å²) in [6.07, 6.45) is -1.11. The van der Waals surface area contributed by atoms with Gasteiger partial charge < -0.3 is 4.74 Å². The van der Waals surface area contributed by atoms with Crippen molar-refractivity contribution in [1.82, 2.24) is 0 Å². The summed E-state index contributed by atoms with van der Waals surface area (Å²) < 4.78 is 19.8. The van der Waals surface area contributed by atoms with Crippen LogP contribution < -0.4 is 4.90 Å².